The van der Waals surface area contributed by atoms with Gasteiger partial charge in [0.25, 0.3) is 0 Å². The Morgan fingerprint density at radius 1 is 1.24 bits per heavy atom. The highest BCUT2D eigenvalue weighted by Crippen LogP contribution is 2.47. The molecule has 1 aromatic heterocycles. The van der Waals surface area contributed by atoms with Crippen LogP contribution in [0.15, 0.2) is 47.6 Å². The summed E-state index contributed by atoms with van der Waals surface area (Å²) in [6.45, 7) is 3.99. The third kappa shape index (κ3) is 3.22. The molecular weight excluding hydrogens is 280 g/mol. The molecule has 21 heavy (non-hydrogen) atoms. The van der Waals surface area contributed by atoms with Crippen molar-refractivity contribution in [2.45, 2.75) is 26.2 Å². The second kappa shape index (κ2) is 5.82. The molecule has 1 saturated carbocycles. The fraction of sp³-hybridized carbons (Fsp3) is 0.294. The van der Waals surface area contributed by atoms with Crippen LogP contribution in [0, 0.1) is 12.8 Å². The van der Waals surface area contributed by atoms with Gasteiger partial charge in [-0.05, 0) is 43.9 Å². The Labute approximate surface area is 128 Å². The van der Waals surface area contributed by atoms with Crippen LogP contribution in [0.4, 0.5) is 0 Å². The van der Waals surface area contributed by atoms with Gasteiger partial charge in [-0.2, -0.15) is 5.10 Å². The van der Waals surface area contributed by atoms with E-state index in [0.29, 0.717) is 5.92 Å². The van der Waals surface area contributed by atoms with Crippen molar-refractivity contribution in [3.05, 3.63) is 57.8 Å². The number of hydrogen-bond acceptors (Lipinski definition) is 3. The van der Waals surface area contributed by atoms with Gasteiger partial charge in [0.15, 0.2) is 0 Å². The van der Waals surface area contributed by atoms with Gasteiger partial charge >= 0.3 is 0 Å². The highest BCUT2D eigenvalue weighted by atomic mass is 32.1. The van der Waals surface area contributed by atoms with Crippen molar-refractivity contribution in [2.75, 3.05) is 0 Å². The number of nitrogens with zero attached hydrogens (tertiary/aromatic N) is 1. The quantitative estimate of drug-likeness (QED) is 0.678. The van der Waals surface area contributed by atoms with E-state index >= 15 is 0 Å². The van der Waals surface area contributed by atoms with Crippen molar-refractivity contribution in [3.8, 4) is 0 Å². The Bertz CT molecular complexity index is 675. The minimum Gasteiger partial charge on any atom is -0.273 e. The third-order valence-corrected chi connectivity index (χ3v) is 4.90. The summed E-state index contributed by atoms with van der Waals surface area (Å²) < 4.78 is 0. The molecule has 108 valence electrons. The zero-order valence-corrected chi connectivity index (χ0v) is 13.0. The van der Waals surface area contributed by atoms with Crippen LogP contribution >= 0.6 is 11.3 Å². The molecule has 0 radical (unpaired) electrons. The van der Waals surface area contributed by atoms with Crippen molar-refractivity contribution < 1.29 is 4.79 Å². The second-order valence-electron chi connectivity index (χ2n) is 5.44. The van der Waals surface area contributed by atoms with Gasteiger partial charge in [-0.15, -0.1) is 11.3 Å². The smallest absolute Gasteiger partial charge is 0.243 e. The molecule has 4 heteroatoms. The van der Waals surface area contributed by atoms with E-state index in [1.807, 2.05) is 31.2 Å². The molecular formula is C17H18N2OS. The molecule has 0 aliphatic heterocycles. The Kier molecular flexibility index (Phi) is 3.88. The third-order valence-electron chi connectivity index (χ3n) is 3.79. The normalized spacial score (nSPS) is 21.1. The van der Waals surface area contributed by atoms with Crippen LogP contribution in [0.5, 0.6) is 0 Å². The molecule has 1 fully saturated rings. The van der Waals surface area contributed by atoms with Crippen molar-refractivity contribution in [2.24, 2.45) is 11.0 Å². The number of nitrogens with one attached hydrogen (secondary N) is 1. The maximum absolute atomic E-state index is 12.1. The summed E-state index contributed by atoms with van der Waals surface area (Å²) in [7, 11) is 0. The number of carbonyl (C=O) groups excluding carboxylic acids is 1. The number of amides is 1. The molecule has 2 atom stereocenters. The van der Waals surface area contributed by atoms with E-state index < -0.39 is 0 Å². The van der Waals surface area contributed by atoms with Crippen molar-refractivity contribution >= 4 is 23.0 Å². The minimum atomic E-state index is 0.0245. The van der Waals surface area contributed by atoms with Gasteiger partial charge in [-0.1, -0.05) is 30.3 Å². The highest BCUT2D eigenvalue weighted by Gasteiger charge is 2.43. The Morgan fingerprint density at radius 3 is 2.67 bits per heavy atom. The average molecular weight is 298 g/mol. The predicted octanol–water partition coefficient (Wildman–Crippen LogP) is 3.70. The maximum atomic E-state index is 12.1. The van der Waals surface area contributed by atoms with E-state index in [1.54, 1.807) is 11.3 Å². The molecule has 1 aliphatic rings. The molecule has 1 N–H and O–H groups in total. The summed E-state index contributed by atoms with van der Waals surface area (Å²) in [6.07, 6.45) is 0.919. The summed E-state index contributed by atoms with van der Waals surface area (Å²) in [5.74, 6) is 0.441. The molecule has 3 rings (SSSR count). The van der Waals surface area contributed by atoms with Crippen LogP contribution in [-0.2, 0) is 4.79 Å². The number of hydrogen-bond donors (Lipinski definition) is 1. The summed E-state index contributed by atoms with van der Waals surface area (Å²) in [6, 6.07) is 14.3. The van der Waals surface area contributed by atoms with Gasteiger partial charge in [0.05, 0.1) is 10.6 Å². The standard InChI is InChI=1S/C17H18N2OS/c1-11-8-9-16(21-11)12(2)18-19-17(20)15-10-14(15)13-6-4-3-5-7-13/h3-9,14-15H,10H2,1-2H3,(H,19,20)/b18-12+. The molecule has 0 bridgehead atoms. The van der Waals surface area contributed by atoms with Crippen LogP contribution in [0.3, 0.4) is 0 Å². The fourth-order valence-corrected chi connectivity index (χ4v) is 3.27. The molecule has 2 unspecified atom stereocenters. The van der Waals surface area contributed by atoms with Crippen LogP contribution in [0.1, 0.15) is 34.6 Å². The molecule has 3 nitrogen and oxygen atoms in total. The van der Waals surface area contributed by atoms with Crippen molar-refractivity contribution in [3.63, 3.8) is 0 Å². The van der Waals surface area contributed by atoms with Gasteiger partial charge in [-0.3, -0.25) is 4.79 Å². The number of benzene rings is 1. The van der Waals surface area contributed by atoms with Gasteiger partial charge in [0.1, 0.15) is 0 Å². The largest absolute Gasteiger partial charge is 0.273 e. The molecule has 1 aliphatic carbocycles. The topological polar surface area (TPSA) is 41.5 Å². The van der Waals surface area contributed by atoms with Crippen LogP contribution in [0.25, 0.3) is 0 Å². The lowest BCUT2D eigenvalue weighted by Crippen LogP contribution is -2.21. The summed E-state index contributed by atoms with van der Waals surface area (Å²) in [5, 5.41) is 4.22. The number of rotatable bonds is 4. The summed E-state index contributed by atoms with van der Waals surface area (Å²) in [4.78, 5) is 14.5. The zero-order chi connectivity index (χ0) is 14.8. The van der Waals surface area contributed by atoms with Crippen molar-refractivity contribution in [1.29, 1.82) is 0 Å². The summed E-state index contributed by atoms with van der Waals surface area (Å²) in [5.41, 5.74) is 4.81. The minimum absolute atomic E-state index is 0.0245. The first-order valence-electron chi connectivity index (χ1n) is 7.11. The molecule has 0 spiro atoms. The van der Waals surface area contributed by atoms with Gasteiger partial charge in [-0.25, -0.2) is 5.43 Å². The lowest BCUT2D eigenvalue weighted by molar-refractivity contribution is -0.122. The van der Waals surface area contributed by atoms with E-state index in [9.17, 15) is 4.79 Å². The van der Waals surface area contributed by atoms with Crippen molar-refractivity contribution in [1.82, 2.24) is 5.43 Å². The zero-order valence-electron chi connectivity index (χ0n) is 12.2. The second-order valence-corrected chi connectivity index (χ2v) is 6.73. The number of aryl methyl sites for hydroxylation is 1. The Balaban J connectivity index is 1.58. The van der Waals surface area contributed by atoms with Crippen LogP contribution in [-0.4, -0.2) is 11.6 Å². The Hall–Kier alpha value is -1.94. The lowest BCUT2D eigenvalue weighted by Gasteiger charge is -2.01. The predicted molar refractivity (Wildman–Crippen MR) is 86.7 cm³/mol. The van der Waals surface area contributed by atoms with Crippen LogP contribution < -0.4 is 5.43 Å². The number of hydrazone groups is 1. The maximum Gasteiger partial charge on any atom is 0.243 e. The molecule has 2 aromatic rings. The van der Waals surface area contributed by atoms with Gasteiger partial charge in [0.2, 0.25) is 5.91 Å². The average Bonchev–Trinajstić information content (AvgIpc) is 3.20. The van der Waals surface area contributed by atoms with Gasteiger partial charge < -0.3 is 0 Å². The summed E-state index contributed by atoms with van der Waals surface area (Å²) >= 11 is 1.69. The van der Waals surface area contributed by atoms with Gasteiger partial charge in [0, 0.05) is 10.8 Å². The lowest BCUT2D eigenvalue weighted by atomic mass is 10.1. The van der Waals surface area contributed by atoms with E-state index in [2.05, 4.69) is 35.7 Å². The molecule has 1 aromatic carbocycles. The monoisotopic (exact) mass is 298 g/mol. The van der Waals surface area contributed by atoms with Crippen LogP contribution in [0.2, 0.25) is 0 Å². The number of thiophene rings is 1. The first-order valence-corrected chi connectivity index (χ1v) is 7.92. The first-order chi connectivity index (χ1) is 10.1. The van der Waals surface area contributed by atoms with E-state index in [-0.39, 0.29) is 11.8 Å². The first kappa shape index (κ1) is 14.0. The molecule has 1 heterocycles. The number of carbonyl (C=O) groups is 1. The van der Waals surface area contributed by atoms with E-state index in [4.69, 9.17) is 0 Å². The van der Waals surface area contributed by atoms with E-state index in [0.717, 1.165) is 17.0 Å². The SMILES string of the molecule is C/C(=N\NC(=O)C1CC1c1ccccc1)c1ccc(C)s1. The highest BCUT2D eigenvalue weighted by molar-refractivity contribution is 7.14. The Morgan fingerprint density at radius 2 is 2.00 bits per heavy atom. The van der Waals surface area contributed by atoms with E-state index in [1.165, 1.54) is 10.4 Å². The molecule has 0 saturated heterocycles. The molecule has 1 amide bonds. The fourth-order valence-electron chi connectivity index (χ4n) is 2.46.